The average molecular weight is 241 g/mol. The summed E-state index contributed by atoms with van der Waals surface area (Å²) in [5.74, 6) is -2.50. The van der Waals surface area contributed by atoms with Crippen molar-refractivity contribution < 1.29 is 14.7 Å². The lowest BCUT2D eigenvalue weighted by Gasteiger charge is -2.06. The molecule has 0 saturated carbocycles. The fourth-order valence-corrected chi connectivity index (χ4v) is 1.69. The minimum absolute atomic E-state index is 0.0159. The number of aliphatic carboxylic acids is 1. The Bertz CT molecular complexity index is 606. The molecule has 0 radical (unpaired) electrons. The van der Waals surface area contributed by atoms with Gasteiger partial charge >= 0.3 is 5.97 Å². The molecule has 90 valence electrons. The molecule has 2 rings (SSSR count). The van der Waals surface area contributed by atoms with Crippen molar-refractivity contribution in [3.63, 3.8) is 0 Å². The number of carbonyl (C=O) groups is 2. The third-order valence-corrected chi connectivity index (χ3v) is 2.60. The van der Waals surface area contributed by atoms with E-state index in [1.54, 1.807) is 12.1 Å². The van der Waals surface area contributed by atoms with Crippen LogP contribution >= 0.6 is 0 Å². The van der Waals surface area contributed by atoms with Crippen molar-refractivity contribution in [2.45, 2.75) is 0 Å². The van der Waals surface area contributed by atoms with E-state index in [0.717, 1.165) is 11.1 Å². The molecule has 3 N–H and O–H groups in total. The van der Waals surface area contributed by atoms with Crippen molar-refractivity contribution in [1.82, 2.24) is 0 Å². The van der Waals surface area contributed by atoms with Crippen LogP contribution in [0.1, 0.15) is 10.4 Å². The van der Waals surface area contributed by atoms with Gasteiger partial charge in [0.05, 0.1) is 5.56 Å². The third kappa shape index (κ3) is 2.22. The predicted octanol–water partition coefficient (Wildman–Crippen LogP) is 2.20. The summed E-state index contributed by atoms with van der Waals surface area (Å²) >= 11 is 0. The van der Waals surface area contributed by atoms with Crippen molar-refractivity contribution in [1.29, 1.82) is 0 Å². The van der Waals surface area contributed by atoms with Crippen molar-refractivity contribution >= 4 is 17.4 Å². The van der Waals surface area contributed by atoms with Gasteiger partial charge in [0.2, 0.25) is 0 Å². The predicted molar refractivity (Wildman–Crippen MR) is 68.3 cm³/mol. The van der Waals surface area contributed by atoms with Gasteiger partial charge in [-0.2, -0.15) is 0 Å². The van der Waals surface area contributed by atoms with Gasteiger partial charge in [0.15, 0.2) is 0 Å². The summed E-state index contributed by atoms with van der Waals surface area (Å²) in [4.78, 5) is 21.9. The second-order valence-electron chi connectivity index (χ2n) is 3.80. The number of rotatable bonds is 3. The maximum absolute atomic E-state index is 11.3. The van der Waals surface area contributed by atoms with Gasteiger partial charge < -0.3 is 10.8 Å². The van der Waals surface area contributed by atoms with Gasteiger partial charge in [-0.25, -0.2) is 4.79 Å². The standard InChI is InChI=1S/C14H11NO3/c15-12-8-10(9-4-2-1-3-5-9)6-7-11(12)13(16)14(17)18/h1-8H,15H2,(H,17,18). The molecule has 0 spiro atoms. The van der Waals surface area contributed by atoms with Gasteiger partial charge in [0, 0.05) is 5.69 Å². The summed E-state index contributed by atoms with van der Waals surface area (Å²) < 4.78 is 0. The van der Waals surface area contributed by atoms with Gasteiger partial charge in [-0.05, 0) is 23.3 Å². The van der Waals surface area contributed by atoms with E-state index in [1.165, 1.54) is 6.07 Å². The van der Waals surface area contributed by atoms with Gasteiger partial charge in [0.1, 0.15) is 0 Å². The number of hydrogen-bond donors (Lipinski definition) is 2. The smallest absolute Gasteiger partial charge is 0.377 e. The zero-order chi connectivity index (χ0) is 13.1. The zero-order valence-corrected chi connectivity index (χ0v) is 9.46. The van der Waals surface area contributed by atoms with Crippen LogP contribution in [0, 0.1) is 0 Å². The van der Waals surface area contributed by atoms with E-state index in [0.29, 0.717) is 0 Å². The minimum atomic E-state index is -1.51. The van der Waals surface area contributed by atoms with Crippen LogP contribution in [0.25, 0.3) is 11.1 Å². The summed E-state index contributed by atoms with van der Waals surface area (Å²) in [5, 5.41) is 8.64. The lowest BCUT2D eigenvalue weighted by molar-refractivity contribution is -0.131. The topological polar surface area (TPSA) is 80.4 Å². The Hall–Kier alpha value is -2.62. The molecule has 2 aromatic carbocycles. The molecule has 2 aromatic rings. The minimum Gasteiger partial charge on any atom is -0.475 e. The monoisotopic (exact) mass is 241 g/mol. The number of benzene rings is 2. The summed E-state index contributed by atoms with van der Waals surface area (Å²) in [6.07, 6.45) is 0. The molecule has 0 heterocycles. The molecule has 0 bridgehead atoms. The van der Waals surface area contributed by atoms with Crippen LogP contribution in [0.4, 0.5) is 5.69 Å². The van der Waals surface area contributed by atoms with Crippen molar-refractivity contribution in [2.75, 3.05) is 5.73 Å². The number of carboxylic acids is 1. The molecule has 18 heavy (non-hydrogen) atoms. The van der Waals surface area contributed by atoms with Gasteiger partial charge in [-0.1, -0.05) is 36.4 Å². The number of nitrogens with two attached hydrogens (primary N) is 1. The van der Waals surface area contributed by atoms with Crippen LogP contribution in [0.2, 0.25) is 0 Å². The summed E-state index contributed by atoms with van der Waals surface area (Å²) in [5.41, 5.74) is 7.70. The lowest BCUT2D eigenvalue weighted by Crippen LogP contribution is -2.14. The second kappa shape index (κ2) is 4.71. The van der Waals surface area contributed by atoms with Crippen LogP contribution in [0.5, 0.6) is 0 Å². The molecule has 0 saturated heterocycles. The fraction of sp³-hybridized carbons (Fsp3) is 0. The normalized spacial score (nSPS) is 10.0. The van der Waals surface area contributed by atoms with Crippen LogP contribution in [-0.4, -0.2) is 16.9 Å². The Labute approximate surface area is 104 Å². The van der Waals surface area contributed by atoms with E-state index in [4.69, 9.17) is 10.8 Å². The molecule has 0 aliphatic carbocycles. The Morgan fingerprint density at radius 2 is 1.61 bits per heavy atom. The van der Waals surface area contributed by atoms with Gasteiger partial charge in [-0.3, -0.25) is 4.79 Å². The highest BCUT2D eigenvalue weighted by atomic mass is 16.4. The molecule has 4 nitrogen and oxygen atoms in total. The Morgan fingerprint density at radius 3 is 2.17 bits per heavy atom. The Kier molecular flexibility index (Phi) is 3.10. The van der Waals surface area contributed by atoms with E-state index in [1.807, 2.05) is 30.3 Å². The molecule has 0 amide bonds. The number of Topliss-reactive ketones (excluding diaryl/α,β-unsaturated/α-hetero) is 1. The van der Waals surface area contributed by atoms with Crippen LogP contribution in [0.15, 0.2) is 48.5 Å². The van der Waals surface area contributed by atoms with E-state index < -0.39 is 11.8 Å². The maximum Gasteiger partial charge on any atom is 0.377 e. The summed E-state index contributed by atoms with van der Waals surface area (Å²) in [6, 6.07) is 14.2. The highest BCUT2D eigenvalue weighted by molar-refractivity contribution is 6.41. The Balaban J connectivity index is 2.43. The SMILES string of the molecule is Nc1cc(-c2ccccc2)ccc1C(=O)C(=O)O. The first-order chi connectivity index (χ1) is 8.59. The number of nitrogen functional groups attached to an aromatic ring is 1. The van der Waals surface area contributed by atoms with Crippen LogP contribution < -0.4 is 5.73 Å². The van der Waals surface area contributed by atoms with E-state index in [-0.39, 0.29) is 11.3 Å². The van der Waals surface area contributed by atoms with Crippen molar-refractivity contribution in [2.24, 2.45) is 0 Å². The average Bonchev–Trinajstić information content (AvgIpc) is 2.38. The first-order valence-corrected chi connectivity index (χ1v) is 5.32. The molecule has 0 atom stereocenters. The molecule has 0 aromatic heterocycles. The summed E-state index contributed by atoms with van der Waals surface area (Å²) in [7, 11) is 0. The molecular formula is C14H11NO3. The number of carbonyl (C=O) groups excluding carboxylic acids is 1. The third-order valence-electron chi connectivity index (χ3n) is 2.60. The van der Waals surface area contributed by atoms with Gasteiger partial charge in [0.25, 0.3) is 5.78 Å². The van der Waals surface area contributed by atoms with E-state index >= 15 is 0 Å². The molecule has 4 heteroatoms. The van der Waals surface area contributed by atoms with Gasteiger partial charge in [-0.15, -0.1) is 0 Å². The zero-order valence-electron chi connectivity index (χ0n) is 9.46. The number of anilines is 1. The maximum atomic E-state index is 11.3. The largest absolute Gasteiger partial charge is 0.475 e. The number of carboxylic acid groups (broad SMARTS) is 1. The number of ketones is 1. The van der Waals surface area contributed by atoms with Crippen molar-refractivity contribution in [3.05, 3.63) is 54.1 Å². The molecular weight excluding hydrogens is 230 g/mol. The quantitative estimate of drug-likeness (QED) is 0.490. The number of hydrogen-bond acceptors (Lipinski definition) is 3. The Morgan fingerprint density at radius 1 is 0.944 bits per heavy atom. The molecule has 0 fully saturated rings. The highest BCUT2D eigenvalue weighted by Gasteiger charge is 2.17. The lowest BCUT2D eigenvalue weighted by atomic mass is 10.0. The fourth-order valence-electron chi connectivity index (χ4n) is 1.69. The van der Waals surface area contributed by atoms with E-state index in [2.05, 4.69) is 0 Å². The van der Waals surface area contributed by atoms with Crippen LogP contribution in [-0.2, 0) is 4.79 Å². The second-order valence-corrected chi connectivity index (χ2v) is 3.80. The molecule has 0 unspecified atom stereocenters. The summed E-state index contributed by atoms with van der Waals surface area (Å²) in [6.45, 7) is 0. The molecule has 0 aliphatic heterocycles. The van der Waals surface area contributed by atoms with Crippen LogP contribution in [0.3, 0.4) is 0 Å². The van der Waals surface area contributed by atoms with E-state index in [9.17, 15) is 9.59 Å². The van der Waals surface area contributed by atoms with Crippen molar-refractivity contribution in [3.8, 4) is 11.1 Å². The first-order valence-electron chi connectivity index (χ1n) is 5.32. The first kappa shape index (κ1) is 11.9. The highest BCUT2D eigenvalue weighted by Crippen LogP contribution is 2.24. The molecule has 0 aliphatic rings.